The van der Waals surface area contributed by atoms with Gasteiger partial charge in [-0.1, -0.05) is 19.0 Å². The number of rotatable bonds is 7. The number of hydrogen-bond donors (Lipinski definition) is 1. The highest BCUT2D eigenvalue weighted by atomic mass is 16.5. The van der Waals surface area contributed by atoms with E-state index in [1.165, 1.54) is 0 Å². The maximum Gasteiger partial charge on any atom is 0.226 e. The predicted molar refractivity (Wildman–Crippen MR) is 81.3 cm³/mol. The van der Waals surface area contributed by atoms with Gasteiger partial charge in [0.05, 0.1) is 6.04 Å². The molecule has 2 rings (SSSR count). The van der Waals surface area contributed by atoms with Gasteiger partial charge < -0.3 is 14.3 Å². The van der Waals surface area contributed by atoms with E-state index in [0.29, 0.717) is 31.0 Å². The van der Waals surface area contributed by atoms with E-state index in [4.69, 9.17) is 8.94 Å². The Balaban J connectivity index is 1.73. The Hall–Kier alpha value is -2.11. The summed E-state index contributed by atoms with van der Waals surface area (Å²) in [6.45, 7) is 7.82. The molecule has 0 spiro atoms. The molecule has 1 atom stereocenters. The molecule has 0 fully saturated rings. The maximum absolute atomic E-state index is 11.9. The molecule has 0 aliphatic rings. The minimum atomic E-state index is -0.128. The summed E-state index contributed by atoms with van der Waals surface area (Å²) in [6.07, 6.45) is 1.71. The molecule has 0 radical (unpaired) electrons. The van der Waals surface area contributed by atoms with Crippen LogP contribution in [0.25, 0.3) is 0 Å². The summed E-state index contributed by atoms with van der Waals surface area (Å²) in [4.78, 5) is 16.2. The van der Waals surface area contributed by atoms with Gasteiger partial charge in [-0.15, -0.1) is 0 Å². The molecular formula is C16H23N3O3. The third-order valence-corrected chi connectivity index (χ3v) is 3.36. The minimum Gasteiger partial charge on any atom is -0.464 e. The molecule has 0 saturated carbocycles. The van der Waals surface area contributed by atoms with Gasteiger partial charge in [0.25, 0.3) is 0 Å². The lowest BCUT2D eigenvalue weighted by molar-refractivity contribution is -0.121. The topological polar surface area (TPSA) is 81.2 Å². The SMILES string of the molecule is Cc1ccc([C@@H](C)NC(=O)CCCc2nc(C(C)C)no2)o1. The summed E-state index contributed by atoms with van der Waals surface area (Å²) in [5, 5.41) is 6.82. The Morgan fingerprint density at radius 3 is 2.68 bits per heavy atom. The number of furan rings is 1. The van der Waals surface area contributed by atoms with E-state index >= 15 is 0 Å². The fourth-order valence-corrected chi connectivity index (χ4v) is 2.08. The lowest BCUT2D eigenvalue weighted by Crippen LogP contribution is -2.26. The van der Waals surface area contributed by atoms with Crippen molar-refractivity contribution in [1.82, 2.24) is 15.5 Å². The zero-order chi connectivity index (χ0) is 16.1. The van der Waals surface area contributed by atoms with Crippen molar-refractivity contribution in [1.29, 1.82) is 0 Å². The molecule has 0 aromatic carbocycles. The van der Waals surface area contributed by atoms with Crippen LogP contribution in [0.5, 0.6) is 0 Å². The first-order valence-corrected chi connectivity index (χ1v) is 7.64. The summed E-state index contributed by atoms with van der Waals surface area (Å²) in [5.74, 6) is 3.15. The van der Waals surface area contributed by atoms with Gasteiger partial charge >= 0.3 is 0 Å². The molecule has 22 heavy (non-hydrogen) atoms. The maximum atomic E-state index is 11.9. The Bertz CT molecular complexity index is 616. The second-order valence-corrected chi connectivity index (χ2v) is 5.79. The monoisotopic (exact) mass is 305 g/mol. The number of hydrogen-bond acceptors (Lipinski definition) is 5. The van der Waals surface area contributed by atoms with Gasteiger partial charge in [-0.2, -0.15) is 4.98 Å². The number of carbonyl (C=O) groups is 1. The van der Waals surface area contributed by atoms with Crippen molar-refractivity contribution in [2.24, 2.45) is 0 Å². The van der Waals surface area contributed by atoms with Crippen molar-refractivity contribution < 1.29 is 13.7 Å². The molecule has 2 aromatic rings. The van der Waals surface area contributed by atoms with Crippen molar-refractivity contribution in [3.63, 3.8) is 0 Å². The molecule has 0 aliphatic carbocycles. The van der Waals surface area contributed by atoms with Gasteiger partial charge in [-0.3, -0.25) is 4.79 Å². The Kier molecular flexibility index (Phi) is 5.35. The van der Waals surface area contributed by atoms with E-state index in [1.54, 1.807) is 0 Å². The number of carbonyl (C=O) groups excluding carboxylic acids is 1. The number of nitrogens with zero attached hydrogens (tertiary/aromatic N) is 2. The predicted octanol–water partition coefficient (Wildman–Crippen LogP) is 3.29. The third-order valence-electron chi connectivity index (χ3n) is 3.36. The van der Waals surface area contributed by atoms with Crippen LogP contribution in [0.1, 0.15) is 68.8 Å². The first-order valence-electron chi connectivity index (χ1n) is 7.64. The molecular weight excluding hydrogens is 282 g/mol. The molecule has 0 bridgehead atoms. The lowest BCUT2D eigenvalue weighted by atomic mass is 10.2. The summed E-state index contributed by atoms with van der Waals surface area (Å²) in [5.41, 5.74) is 0. The second-order valence-electron chi connectivity index (χ2n) is 5.79. The minimum absolute atomic E-state index is 0.00912. The largest absolute Gasteiger partial charge is 0.464 e. The summed E-state index contributed by atoms with van der Waals surface area (Å²) in [6, 6.07) is 3.64. The highest BCUT2D eigenvalue weighted by molar-refractivity contribution is 5.76. The first-order chi connectivity index (χ1) is 10.5. The standard InChI is InChI=1S/C16H23N3O3/c1-10(2)16-18-15(22-19-16)7-5-6-14(20)17-12(4)13-9-8-11(3)21-13/h8-10,12H,5-7H2,1-4H3,(H,17,20)/t12-/m1/s1. The van der Waals surface area contributed by atoms with Crippen LogP contribution < -0.4 is 5.32 Å². The second kappa shape index (κ2) is 7.24. The molecule has 6 heteroatoms. The van der Waals surface area contributed by atoms with Crippen molar-refractivity contribution in [2.75, 3.05) is 0 Å². The number of aromatic nitrogens is 2. The van der Waals surface area contributed by atoms with E-state index in [-0.39, 0.29) is 17.9 Å². The molecule has 1 N–H and O–H groups in total. The summed E-state index contributed by atoms with van der Waals surface area (Å²) >= 11 is 0. The first kappa shape index (κ1) is 16.3. The number of aryl methyl sites for hydroxylation is 2. The number of nitrogens with one attached hydrogen (secondary N) is 1. The van der Waals surface area contributed by atoms with Gasteiger partial charge in [-0.05, 0) is 32.4 Å². The Morgan fingerprint density at radius 2 is 2.09 bits per heavy atom. The highest BCUT2D eigenvalue weighted by Gasteiger charge is 2.14. The van der Waals surface area contributed by atoms with Crippen LogP contribution in [-0.4, -0.2) is 16.0 Å². The average molecular weight is 305 g/mol. The molecule has 0 unspecified atom stereocenters. The molecule has 1 amide bonds. The normalized spacial score (nSPS) is 12.6. The zero-order valence-corrected chi connectivity index (χ0v) is 13.5. The molecule has 0 aliphatic heterocycles. The van der Waals surface area contributed by atoms with E-state index in [1.807, 2.05) is 39.8 Å². The third kappa shape index (κ3) is 4.44. The Morgan fingerprint density at radius 1 is 1.32 bits per heavy atom. The van der Waals surface area contributed by atoms with Gasteiger partial charge in [-0.25, -0.2) is 0 Å². The van der Waals surface area contributed by atoms with Gasteiger partial charge in [0.1, 0.15) is 11.5 Å². The molecule has 6 nitrogen and oxygen atoms in total. The van der Waals surface area contributed by atoms with Crippen LogP contribution >= 0.6 is 0 Å². The molecule has 2 heterocycles. The van der Waals surface area contributed by atoms with Crippen LogP contribution in [0.15, 0.2) is 21.1 Å². The van der Waals surface area contributed by atoms with Crippen LogP contribution in [-0.2, 0) is 11.2 Å². The van der Waals surface area contributed by atoms with Gasteiger partial charge in [0, 0.05) is 18.8 Å². The van der Waals surface area contributed by atoms with E-state index < -0.39 is 0 Å². The van der Waals surface area contributed by atoms with Crippen molar-refractivity contribution in [3.8, 4) is 0 Å². The average Bonchev–Trinajstić information content (AvgIpc) is 3.07. The van der Waals surface area contributed by atoms with Crippen LogP contribution in [0.2, 0.25) is 0 Å². The van der Waals surface area contributed by atoms with Crippen LogP contribution in [0, 0.1) is 6.92 Å². The van der Waals surface area contributed by atoms with Crippen molar-refractivity contribution in [3.05, 3.63) is 35.4 Å². The van der Waals surface area contributed by atoms with Crippen molar-refractivity contribution >= 4 is 5.91 Å². The summed E-state index contributed by atoms with van der Waals surface area (Å²) in [7, 11) is 0. The summed E-state index contributed by atoms with van der Waals surface area (Å²) < 4.78 is 10.7. The fourth-order valence-electron chi connectivity index (χ4n) is 2.08. The fraction of sp³-hybridized carbons (Fsp3) is 0.562. The van der Waals surface area contributed by atoms with E-state index in [9.17, 15) is 4.79 Å². The van der Waals surface area contributed by atoms with Gasteiger partial charge in [0.2, 0.25) is 11.8 Å². The smallest absolute Gasteiger partial charge is 0.226 e. The van der Waals surface area contributed by atoms with Crippen molar-refractivity contribution in [2.45, 2.75) is 58.9 Å². The quantitative estimate of drug-likeness (QED) is 0.848. The van der Waals surface area contributed by atoms with Gasteiger partial charge in [0.15, 0.2) is 5.82 Å². The number of amides is 1. The van der Waals surface area contributed by atoms with Crippen LogP contribution in [0.4, 0.5) is 0 Å². The molecule has 120 valence electrons. The highest BCUT2D eigenvalue weighted by Crippen LogP contribution is 2.16. The molecule has 2 aromatic heterocycles. The van der Waals surface area contributed by atoms with Crippen LogP contribution in [0.3, 0.4) is 0 Å². The van der Waals surface area contributed by atoms with E-state index in [0.717, 1.165) is 11.5 Å². The molecule has 0 saturated heterocycles. The lowest BCUT2D eigenvalue weighted by Gasteiger charge is -2.11. The zero-order valence-electron chi connectivity index (χ0n) is 13.5. The van der Waals surface area contributed by atoms with E-state index in [2.05, 4.69) is 15.5 Å². The Labute approximate surface area is 130 Å².